The van der Waals surface area contributed by atoms with Crippen molar-refractivity contribution in [3.63, 3.8) is 0 Å². The van der Waals surface area contributed by atoms with Gasteiger partial charge in [0, 0.05) is 11.6 Å². The normalized spacial score (nSPS) is 21.8. The number of aliphatic imine (C=N–C) groups is 1. The molecule has 2 amide bonds. The predicted octanol–water partition coefficient (Wildman–Crippen LogP) is 3.67. The SMILES string of the molecule is O=C(CN1C(=O)C(c2ccc(C(F)(F)F)cc2)=NC12CCCCC2)NC1CCC1. The molecule has 1 spiro atoms. The average molecular weight is 407 g/mol. The second-order valence-electron chi connectivity index (χ2n) is 8.17. The molecule has 8 heteroatoms. The van der Waals surface area contributed by atoms with Crippen molar-refractivity contribution in [2.24, 2.45) is 4.99 Å². The first-order valence-electron chi connectivity index (χ1n) is 10.2. The number of halogens is 3. The Labute approximate surface area is 167 Å². The Morgan fingerprint density at radius 2 is 1.76 bits per heavy atom. The topological polar surface area (TPSA) is 61.8 Å². The van der Waals surface area contributed by atoms with Crippen LogP contribution < -0.4 is 5.32 Å². The van der Waals surface area contributed by atoms with Gasteiger partial charge < -0.3 is 10.2 Å². The molecule has 3 aliphatic rings. The molecule has 156 valence electrons. The summed E-state index contributed by atoms with van der Waals surface area (Å²) in [4.78, 5) is 31.9. The van der Waals surface area contributed by atoms with E-state index in [0.29, 0.717) is 18.4 Å². The number of nitrogens with one attached hydrogen (secondary N) is 1. The molecular weight excluding hydrogens is 383 g/mol. The lowest BCUT2D eigenvalue weighted by molar-refractivity contribution is -0.137. The maximum absolute atomic E-state index is 13.2. The summed E-state index contributed by atoms with van der Waals surface area (Å²) in [6.07, 6.45) is 2.75. The monoisotopic (exact) mass is 407 g/mol. The van der Waals surface area contributed by atoms with Gasteiger partial charge in [-0.25, -0.2) is 0 Å². The lowest BCUT2D eigenvalue weighted by atomic mass is 9.88. The second-order valence-corrected chi connectivity index (χ2v) is 8.17. The summed E-state index contributed by atoms with van der Waals surface area (Å²) >= 11 is 0. The lowest BCUT2D eigenvalue weighted by Crippen LogP contribution is -2.53. The van der Waals surface area contributed by atoms with Gasteiger partial charge in [0.15, 0.2) is 0 Å². The van der Waals surface area contributed by atoms with Gasteiger partial charge in [0.25, 0.3) is 5.91 Å². The van der Waals surface area contributed by atoms with Crippen molar-refractivity contribution in [1.82, 2.24) is 10.2 Å². The lowest BCUT2D eigenvalue weighted by Gasteiger charge is -2.39. The number of nitrogens with zero attached hydrogens (tertiary/aromatic N) is 2. The summed E-state index contributed by atoms with van der Waals surface area (Å²) < 4.78 is 38.6. The Balaban J connectivity index is 1.58. The molecule has 0 bridgehead atoms. The van der Waals surface area contributed by atoms with E-state index in [1.807, 2.05) is 0 Å². The minimum absolute atomic E-state index is 0.0665. The molecule has 1 aromatic rings. The van der Waals surface area contributed by atoms with E-state index in [9.17, 15) is 22.8 Å². The van der Waals surface area contributed by atoms with Crippen LogP contribution in [0.25, 0.3) is 0 Å². The number of carbonyl (C=O) groups excluding carboxylic acids is 2. The van der Waals surface area contributed by atoms with Crippen LogP contribution in [-0.2, 0) is 15.8 Å². The van der Waals surface area contributed by atoms with E-state index in [1.165, 1.54) is 17.0 Å². The van der Waals surface area contributed by atoms with E-state index < -0.39 is 17.4 Å². The molecule has 4 rings (SSSR count). The van der Waals surface area contributed by atoms with E-state index in [2.05, 4.69) is 5.32 Å². The van der Waals surface area contributed by atoms with Crippen molar-refractivity contribution in [1.29, 1.82) is 0 Å². The number of hydrogen-bond donors (Lipinski definition) is 1. The standard InChI is InChI=1S/C21H24F3N3O2/c22-21(23,24)15-9-7-14(8-10-15)18-19(29)27(13-17(28)25-16-5-4-6-16)20(26-18)11-2-1-3-12-20/h7-10,16H,1-6,11-13H2,(H,25,28). The van der Waals surface area contributed by atoms with Crippen LogP contribution in [0.3, 0.4) is 0 Å². The minimum atomic E-state index is -4.43. The van der Waals surface area contributed by atoms with E-state index in [4.69, 9.17) is 4.99 Å². The summed E-state index contributed by atoms with van der Waals surface area (Å²) in [6, 6.07) is 4.68. The van der Waals surface area contributed by atoms with Crippen LogP contribution in [0.5, 0.6) is 0 Å². The number of alkyl halides is 3. The highest BCUT2D eigenvalue weighted by molar-refractivity contribution is 6.47. The Kier molecular flexibility index (Phi) is 5.12. The van der Waals surface area contributed by atoms with Crippen molar-refractivity contribution in [3.8, 4) is 0 Å². The third kappa shape index (κ3) is 3.89. The summed E-state index contributed by atoms with van der Waals surface area (Å²) in [5, 5.41) is 2.96. The zero-order valence-corrected chi connectivity index (χ0v) is 16.1. The van der Waals surface area contributed by atoms with Gasteiger partial charge in [-0.05, 0) is 57.1 Å². The molecule has 1 N–H and O–H groups in total. The van der Waals surface area contributed by atoms with Crippen LogP contribution in [0.1, 0.15) is 62.5 Å². The van der Waals surface area contributed by atoms with E-state index in [-0.39, 0.29) is 30.1 Å². The van der Waals surface area contributed by atoms with E-state index in [0.717, 1.165) is 50.7 Å². The zero-order chi connectivity index (χ0) is 20.6. The van der Waals surface area contributed by atoms with Gasteiger partial charge in [-0.2, -0.15) is 13.2 Å². The molecule has 0 unspecified atom stereocenters. The fourth-order valence-corrected chi connectivity index (χ4v) is 4.33. The maximum Gasteiger partial charge on any atom is 0.416 e. The number of rotatable bonds is 4. The van der Waals surface area contributed by atoms with Crippen molar-refractivity contribution in [2.75, 3.05) is 6.54 Å². The van der Waals surface area contributed by atoms with Gasteiger partial charge in [-0.1, -0.05) is 18.6 Å². The third-order valence-electron chi connectivity index (χ3n) is 6.18. The minimum Gasteiger partial charge on any atom is -0.352 e. The molecule has 2 fully saturated rings. The van der Waals surface area contributed by atoms with Crippen molar-refractivity contribution < 1.29 is 22.8 Å². The molecule has 1 aromatic carbocycles. The zero-order valence-electron chi connectivity index (χ0n) is 16.1. The van der Waals surface area contributed by atoms with Crippen molar-refractivity contribution in [2.45, 2.75) is 69.2 Å². The van der Waals surface area contributed by atoms with Gasteiger partial charge in [0.2, 0.25) is 5.91 Å². The number of hydrogen-bond acceptors (Lipinski definition) is 3. The van der Waals surface area contributed by atoms with E-state index in [1.54, 1.807) is 0 Å². The van der Waals surface area contributed by atoms with Gasteiger partial charge in [-0.15, -0.1) is 0 Å². The first kappa shape index (κ1) is 19.9. The maximum atomic E-state index is 13.2. The highest BCUT2D eigenvalue weighted by atomic mass is 19.4. The van der Waals surface area contributed by atoms with Crippen LogP contribution in [-0.4, -0.2) is 40.7 Å². The van der Waals surface area contributed by atoms with Crippen LogP contribution in [0, 0.1) is 0 Å². The molecule has 1 heterocycles. The van der Waals surface area contributed by atoms with Crippen LogP contribution in [0.2, 0.25) is 0 Å². The molecule has 0 radical (unpaired) electrons. The quantitative estimate of drug-likeness (QED) is 0.828. The summed E-state index contributed by atoms with van der Waals surface area (Å²) in [7, 11) is 0. The Hall–Kier alpha value is -2.38. The number of benzene rings is 1. The molecule has 2 aliphatic carbocycles. The smallest absolute Gasteiger partial charge is 0.352 e. The van der Waals surface area contributed by atoms with Crippen LogP contribution in [0.4, 0.5) is 13.2 Å². The molecule has 5 nitrogen and oxygen atoms in total. The van der Waals surface area contributed by atoms with Crippen molar-refractivity contribution >= 4 is 17.5 Å². The summed E-state index contributed by atoms with van der Waals surface area (Å²) in [5.74, 6) is -0.577. The fraction of sp³-hybridized carbons (Fsp3) is 0.571. The summed E-state index contributed by atoms with van der Waals surface area (Å²) in [5.41, 5.74) is -1.02. The first-order chi connectivity index (χ1) is 13.8. The highest BCUT2D eigenvalue weighted by Gasteiger charge is 2.48. The Morgan fingerprint density at radius 3 is 2.31 bits per heavy atom. The number of carbonyl (C=O) groups is 2. The van der Waals surface area contributed by atoms with Gasteiger partial charge in [-0.3, -0.25) is 14.6 Å². The predicted molar refractivity (Wildman–Crippen MR) is 101 cm³/mol. The van der Waals surface area contributed by atoms with Crippen LogP contribution >= 0.6 is 0 Å². The Morgan fingerprint density at radius 1 is 1.10 bits per heavy atom. The molecule has 1 aliphatic heterocycles. The second kappa shape index (κ2) is 7.46. The molecule has 29 heavy (non-hydrogen) atoms. The third-order valence-corrected chi connectivity index (χ3v) is 6.18. The fourth-order valence-electron chi connectivity index (χ4n) is 4.33. The first-order valence-corrected chi connectivity index (χ1v) is 10.2. The van der Waals surface area contributed by atoms with Crippen molar-refractivity contribution in [3.05, 3.63) is 35.4 Å². The molecule has 0 atom stereocenters. The van der Waals surface area contributed by atoms with Crippen LogP contribution in [0.15, 0.2) is 29.3 Å². The van der Waals surface area contributed by atoms with Gasteiger partial charge in [0.1, 0.15) is 17.9 Å². The number of amides is 2. The van der Waals surface area contributed by atoms with Gasteiger partial charge >= 0.3 is 6.18 Å². The van der Waals surface area contributed by atoms with E-state index >= 15 is 0 Å². The Bertz CT molecular complexity index is 823. The average Bonchev–Trinajstić information content (AvgIpc) is 2.91. The van der Waals surface area contributed by atoms with Gasteiger partial charge in [0.05, 0.1) is 5.56 Å². The summed E-state index contributed by atoms with van der Waals surface area (Å²) in [6.45, 7) is -0.0665. The molecular formula is C21H24F3N3O2. The highest BCUT2D eigenvalue weighted by Crippen LogP contribution is 2.40. The largest absolute Gasteiger partial charge is 0.416 e. The molecule has 0 aromatic heterocycles. The molecule has 0 saturated heterocycles. The molecule has 2 saturated carbocycles.